The molecular formula is C13H11BrN6S2. The molecule has 0 aliphatic heterocycles. The highest BCUT2D eigenvalue weighted by Gasteiger charge is 2.19. The van der Waals surface area contributed by atoms with E-state index in [4.69, 9.17) is 0 Å². The molecule has 0 saturated heterocycles. The van der Waals surface area contributed by atoms with Gasteiger partial charge in [0.2, 0.25) is 4.96 Å². The molecule has 1 unspecified atom stereocenters. The van der Waals surface area contributed by atoms with Crippen LogP contribution in [0.3, 0.4) is 0 Å². The molecule has 0 radical (unpaired) electrons. The Morgan fingerprint density at radius 3 is 2.82 bits per heavy atom. The Hall–Kier alpha value is -1.58. The van der Waals surface area contributed by atoms with Gasteiger partial charge in [-0.1, -0.05) is 17.4 Å². The lowest BCUT2D eigenvalue weighted by molar-refractivity contribution is 0.551. The number of thiophene rings is 1. The van der Waals surface area contributed by atoms with Crippen molar-refractivity contribution in [1.29, 1.82) is 0 Å². The highest BCUT2D eigenvalue weighted by atomic mass is 79.9. The number of aromatic nitrogens is 6. The zero-order valence-electron chi connectivity index (χ0n) is 11.8. The predicted molar refractivity (Wildman–Crippen MR) is 90.4 cm³/mol. The number of rotatable bonds is 3. The van der Waals surface area contributed by atoms with Crippen molar-refractivity contribution in [2.75, 3.05) is 0 Å². The first-order valence-corrected chi connectivity index (χ1v) is 9.09. The van der Waals surface area contributed by atoms with Crippen molar-refractivity contribution in [1.82, 2.24) is 29.6 Å². The largest absolute Gasteiger partial charge is 0.262 e. The molecule has 4 aromatic rings. The summed E-state index contributed by atoms with van der Waals surface area (Å²) in [6.45, 7) is 4.05. The molecule has 9 heteroatoms. The van der Waals surface area contributed by atoms with Crippen molar-refractivity contribution in [3.8, 4) is 10.7 Å². The van der Waals surface area contributed by atoms with Crippen LogP contribution < -0.4 is 0 Å². The number of nitrogens with zero attached hydrogens (tertiary/aromatic N) is 6. The molecule has 0 aromatic carbocycles. The van der Waals surface area contributed by atoms with E-state index in [0.29, 0.717) is 0 Å². The van der Waals surface area contributed by atoms with Crippen LogP contribution in [0.15, 0.2) is 28.2 Å². The molecular weight excluding hydrogens is 384 g/mol. The van der Waals surface area contributed by atoms with Gasteiger partial charge < -0.3 is 0 Å². The van der Waals surface area contributed by atoms with Crippen LogP contribution in [0.5, 0.6) is 0 Å². The lowest BCUT2D eigenvalue weighted by Gasteiger charge is -2.07. The second-order valence-electron chi connectivity index (χ2n) is 4.85. The van der Waals surface area contributed by atoms with Crippen molar-refractivity contribution >= 4 is 43.6 Å². The summed E-state index contributed by atoms with van der Waals surface area (Å²) in [5.74, 6) is 0.789. The first-order valence-electron chi connectivity index (χ1n) is 6.61. The predicted octanol–water partition coefficient (Wildman–Crippen LogP) is 3.79. The molecule has 0 bridgehead atoms. The number of aryl methyl sites for hydroxylation is 1. The normalized spacial score (nSPS) is 13.0. The van der Waals surface area contributed by atoms with E-state index in [9.17, 15) is 0 Å². The van der Waals surface area contributed by atoms with Gasteiger partial charge in [-0.25, -0.2) is 0 Å². The Balaban J connectivity index is 1.77. The molecule has 0 N–H and O–H groups in total. The third-order valence-electron chi connectivity index (χ3n) is 3.36. The van der Waals surface area contributed by atoms with Crippen LogP contribution in [0.2, 0.25) is 0 Å². The van der Waals surface area contributed by atoms with Gasteiger partial charge in [0.05, 0.1) is 15.0 Å². The summed E-state index contributed by atoms with van der Waals surface area (Å²) in [5.41, 5.74) is 0.967. The van der Waals surface area contributed by atoms with E-state index in [1.54, 1.807) is 22.7 Å². The minimum absolute atomic E-state index is 0.0490. The maximum absolute atomic E-state index is 4.68. The monoisotopic (exact) mass is 394 g/mol. The highest BCUT2D eigenvalue weighted by Crippen LogP contribution is 2.29. The summed E-state index contributed by atoms with van der Waals surface area (Å²) in [7, 11) is 0. The number of hydrogen-bond donors (Lipinski definition) is 0. The van der Waals surface area contributed by atoms with Gasteiger partial charge in [0, 0.05) is 6.20 Å². The molecule has 1 atom stereocenters. The summed E-state index contributed by atoms with van der Waals surface area (Å²) in [6, 6.07) is 4.08. The average molecular weight is 395 g/mol. The second-order valence-corrected chi connectivity index (χ2v) is 7.64. The summed E-state index contributed by atoms with van der Waals surface area (Å²) >= 11 is 6.67. The number of hydrogen-bond acceptors (Lipinski definition) is 6. The average Bonchev–Trinajstić information content (AvgIpc) is 3.22. The molecule has 4 heterocycles. The molecule has 4 aromatic heterocycles. The Bertz CT molecular complexity index is 916. The fourth-order valence-corrected chi connectivity index (χ4v) is 4.00. The summed E-state index contributed by atoms with van der Waals surface area (Å²) < 4.78 is 4.73. The Morgan fingerprint density at radius 2 is 2.14 bits per heavy atom. The first kappa shape index (κ1) is 14.0. The topological polar surface area (TPSA) is 60.9 Å². The van der Waals surface area contributed by atoms with Crippen molar-refractivity contribution in [3.63, 3.8) is 0 Å². The van der Waals surface area contributed by atoms with Crippen molar-refractivity contribution < 1.29 is 0 Å². The number of halogens is 1. The summed E-state index contributed by atoms with van der Waals surface area (Å²) in [6.07, 6.45) is 1.97. The van der Waals surface area contributed by atoms with Crippen LogP contribution in [-0.2, 0) is 0 Å². The van der Waals surface area contributed by atoms with E-state index in [1.165, 1.54) is 0 Å². The van der Waals surface area contributed by atoms with E-state index in [2.05, 4.69) is 43.2 Å². The molecule has 112 valence electrons. The molecule has 4 rings (SSSR count). The van der Waals surface area contributed by atoms with E-state index >= 15 is 0 Å². The molecule has 0 amide bonds. The Kier molecular flexibility index (Phi) is 3.35. The fourth-order valence-electron chi connectivity index (χ4n) is 2.13. The molecule has 0 saturated carbocycles. The molecule has 22 heavy (non-hydrogen) atoms. The van der Waals surface area contributed by atoms with Crippen LogP contribution in [-0.4, -0.2) is 29.6 Å². The maximum Gasteiger partial charge on any atom is 0.235 e. The van der Waals surface area contributed by atoms with Crippen LogP contribution in [0.1, 0.15) is 23.7 Å². The van der Waals surface area contributed by atoms with Gasteiger partial charge in [-0.15, -0.1) is 21.5 Å². The Labute approximate surface area is 142 Å². The SMILES string of the molecule is Cc1nn(C(C)c2nn3c(-c4cccs4)nnc3s2)cc1Br. The summed E-state index contributed by atoms with van der Waals surface area (Å²) in [4.78, 5) is 1.86. The van der Waals surface area contributed by atoms with Crippen molar-refractivity contribution in [2.24, 2.45) is 0 Å². The van der Waals surface area contributed by atoms with Crippen molar-refractivity contribution in [3.05, 3.63) is 38.9 Å². The van der Waals surface area contributed by atoms with Crippen molar-refractivity contribution in [2.45, 2.75) is 19.9 Å². The zero-order chi connectivity index (χ0) is 15.3. The smallest absolute Gasteiger partial charge is 0.235 e. The summed E-state index contributed by atoms with van der Waals surface area (Å²) in [5, 5.41) is 20.6. The van der Waals surface area contributed by atoms with Crippen LogP contribution in [0, 0.1) is 6.92 Å². The molecule has 0 aliphatic rings. The van der Waals surface area contributed by atoms with Crippen LogP contribution in [0.4, 0.5) is 0 Å². The Morgan fingerprint density at radius 1 is 1.27 bits per heavy atom. The minimum Gasteiger partial charge on any atom is -0.262 e. The lowest BCUT2D eigenvalue weighted by Crippen LogP contribution is -2.08. The standard InChI is InChI=1S/C13H11BrN6S2/c1-7-9(14)6-19(17-7)8(2)12-18-20-11(10-4-3-5-21-10)15-16-13(20)22-12/h3-6,8H,1-2H3. The molecule has 6 nitrogen and oxygen atoms in total. The maximum atomic E-state index is 4.68. The second kappa shape index (κ2) is 5.25. The lowest BCUT2D eigenvalue weighted by atomic mass is 10.4. The first-order chi connectivity index (χ1) is 10.6. The third-order valence-corrected chi connectivity index (χ3v) is 6.07. The fraction of sp³-hybridized carbons (Fsp3) is 0.231. The zero-order valence-corrected chi connectivity index (χ0v) is 15.0. The molecule has 0 aliphatic carbocycles. The van der Waals surface area contributed by atoms with Gasteiger partial charge in [-0.2, -0.15) is 14.7 Å². The number of fused-ring (bicyclic) bond motifs is 1. The van der Waals surface area contributed by atoms with E-state index in [1.807, 2.05) is 39.8 Å². The van der Waals surface area contributed by atoms with Gasteiger partial charge >= 0.3 is 0 Å². The molecule has 0 fully saturated rings. The van der Waals surface area contributed by atoms with Gasteiger partial charge in [-0.3, -0.25) is 4.68 Å². The van der Waals surface area contributed by atoms with E-state index < -0.39 is 0 Å². The quantitative estimate of drug-likeness (QED) is 0.530. The highest BCUT2D eigenvalue weighted by molar-refractivity contribution is 9.10. The van der Waals surface area contributed by atoms with Gasteiger partial charge in [0.15, 0.2) is 5.82 Å². The van der Waals surface area contributed by atoms with Gasteiger partial charge in [0.25, 0.3) is 0 Å². The van der Waals surface area contributed by atoms with E-state index in [-0.39, 0.29) is 6.04 Å². The van der Waals surface area contributed by atoms with Gasteiger partial charge in [-0.05, 0) is 41.2 Å². The minimum atomic E-state index is 0.0490. The van der Waals surface area contributed by atoms with E-state index in [0.717, 1.165) is 30.8 Å². The third kappa shape index (κ3) is 2.20. The van der Waals surface area contributed by atoms with Crippen LogP contribution >= 0.6 is 38.6 Å². The van der Waals surface area contributed by atoms with Gasteiger partial charge in [0.1, 0.15) is 11.0 Å². The molecule has 0 spiro atoms. The van der Waals surface area contributed by atoms with Crippen LogP contribution in [0.25, 0.3) is 15.7 Å².